The van der Waals surface area contributed by atoms with Crippen molar-refractivity contribution in [2.45, 2.75) is 0 Å². The van der Waals surface area contributed by atoms with E-state index in [1.54, 1.807) is 0 Å². The van der Waals surface area contributed by atoms with Gasteiger partial charge in [0.1, 0.15) is 11.2 Å². The summed E-state index contributed by atoms with van der Waals surface area (Å²) in [6.45, 7) is 0. The van der Waals surface area contributed by atoms with Crippen LogP contribution in [0.3, 0.4) is 0 Å². The highest BCUT2D eigenvalue weighted by molar-refractivity contribution is 6.13. The molecular formula is C55H35N3O. The molecule has 4 nitrogen and oxygen atoms in total. The summed E-state index contributed by atoms with van der Waals surface area (Å²) >= 11 is 0. The maximum atomic E-state index is 6.62. The Bertz CT molecular complexity index is 3300. The molecule has 0 aliphatic carbocycles. The van der Waals surface area contributed by atoms with E-state index in [0.717, 1.165) is 82.8 Å². The van der Waals surface area contributed by atoms with Crippen LogP contribution in [0.2, 0.25) is 0 Å². The van der Waals surface area contributed by atoms with Gasteiger partial charge in [0.15, 0.2) is 17.5 Å². The largest absolute Gasteiger partial charge is 0.456 e. The molecule has 2 heterocycles. The number of rotatable bonds is 7. The maximum absolute atomic E-state index is 6.62. The van der Waals surface area contributed by atoms with E-state index in [1.807, 2.05) is 24.3 Å². The Hall–Kier alpha value is -7.95. The van der Waals surface area contributed by atoms with Crippen molar-refractivity contribution in [3.63, 3.8) is 0 Å². The molecule has 4 heteroatoms. The van der Waals surface area contributed by atoms with Crippen LogP contribution in [0.15, 0.2) is 217 Å². The average molecular weight is 754 g/mol. The van der Waals surface area contributed by atoms with Crippen molar-refractivity contribution in [2.75, 3.05) is 0 Å². The predicted molar refractivity (Wildman–Crippen MR) is 243 cm³/mol. The quantitative estimate of drug-likeness (QED) is 0.163. The molecule has 0 fully saturated rings. The molecular weight excluding hydrogens is 719 g/mol. The van der Waals surface area contributed by atoms with Crippen LogP contribution in [0, 0.1) is 0 Å². The molecule has 0 bridgehead atoms. The highest BCUT2D eigenvalue weighted by Crippen LogP contribution is 2.40. The monoisotopic (exact) mass is 753 g/mol. The fourth-order valence-corrected chi connectivity index (χ4v) is 8.18. The number of hydrogen-bond donors (Lipinski definition) is 0. The van der Waals surface area contributed by atoms with Crippen molar-refractivity contribution in [3.05, 3.63) is 212 Å². The third kappa shape index (κ3) is 6.43. The molecule has 0 atom stereocenters. The summed E-state index contributed by atoms with van der Waals surface area (Å²) in [6, 6.07) is 74.0. The van der Waals surface area contributed by atoms with Crippen LogP contribution in [0.25, 0.3) is 111 Å². The smallest absolute Gasteiger partial charge is 0.164 e. The van der Waals surface area contributed by atoms with E-state index in [9.17, 15) is 0 Å². The molecule has 59 heavy (non-hydrogen) atoms. The maximum Gasteiger partial charge on any atom is 0.164 e. The Morgan fingerprint density at radius 3 is 1.51 bits per heavy atom. The van der Waals surface area contributed by atoms with Crippen LogP contribution in [0.4, 0.5) is 0 Å². The van der Waals surface area contributed by atoms with Crippen LogP contribution in [0.5, 0.6) is 0 Å². The molecule has 0 saturated carbocycles. The molecule has 2 aromatic heterocycles. The number of furan rings is 1. The molecule has 276 valence electrons. The summed E-state index contributed by atoms with van der Waals surface area (Å²) in [5, 5.41) is 4.32. The van der Waals surface area contributed by atoms with Crippen LogP contribution >= 0.6 is 0 Å². The van der Waals surface area contributed by atoms with Crippen LogP contribution in [0.1, 0.15) is 0 Å². The van der Waals surface area contributed by atoms with E-state index in [1.165, 1.54) is 11.1 Å². The molecule has 0 spiro atoms. The summed E-state index contributed by atoms with van der Waals surface area (Å²) in [6.07, 6.45) is 0. The summed E-state index contributed by atoms with van der Waals surface area (Å²) in [5.74, 6) is 1.79. The molecule has 0 unspecified atom stereocenters. The Morgan fingerprint density at radius 1 is 0.271 bits per heavy atom. The lowest BCUT2D eigenvalue weighted by atomic mass is 9.96. The molecule has 11 rings (SSSR count). The fourth-order valence-electron chi connectivity index (χ4n) is 8.18. The van der Waals surface area contributed by atoms with Gasteiger partial charge >= 0.3 is 0 Å². The van der Waals surface area contributed by atoms with E-state index in [-0.39, 0.29) is 0 Å². The SMILES string of the molecule is c1ccc(-c2ccc(-c3nc(-c4ccc5c(c4)oc4cccc(-c6cccc(-c7ccccc7)c6)c45)nc(-c4cccc5ccc(-c6ccccc6)cc45)n3)cc2)cc1. The van der Waals surface area contributed by atoms with E-state index >= 15 is 0 Å². The summed E-state index contributed by atoms with van der Waals surface area (Å²) in [5.41, 5.74) is 13.5. The van der Waals surface area contributed by atoms with Gasteiger partial charge in [0.05, 0.1) is 0 Å². The zero-order valence-corrected chi connectivity index (χ0v) is 32.0. The van der Waals surface area contributed by atoms with Crippen LogP contribution < -0.4 is 0 Å². The van der Waals surface area contributed by atoms with E-state index in [2.05, 4.69) is 188 Å². The molecule has 0 N–H and O–H groups in total. The summed E-state index contributed by atoms with van der Waals surface area (Å²) in [7, 11) is 0. The van der Waals surface area contributed by atoms with Gasteiger partial charge in [0.2, 0.25) is 0 Å². The lowest BCUT2D eigenvalue weighted by Gasteiger charge is -2.12. The van der Waals surface area contributed by atoms with Gasteiger partial charge in [-0.25, -0.2) is 15.0 Å². The third-order valence-corrected chi connectivity index (χ3v) is 11.2. The zero-order chi connectivity index (χ0) is 39.1. The second-order valence-corrected chi connectivity index (χ2v) is 14.8. The summed E-state index contributed by atoms with van der Waals surface area (Å²) in [4.78, 5) is 15.5. The van der Waals surface area contributed by atoms with Crippen LogP contribution in [-0.4, -0.2) is 15.0 Å². The topological polar surface area (TPSA) is 51.8 Å². The molecule has 0 radical (unpaired) electrons. The summed E-state index contributed by atoms with van der Waals surface area (Å²) < 4.78 is 6.62. The highest BCUT2D eigenvalue weighted by Gasteiger charge is 2.18. The van der Waals surface area contributed by atoms with Crippen LogP contribution in [-0.2, 0) is 0 Å². The van der Waals surface area contributed by atoms with Crippen molar-refractivity contribution >= 4 is 32.7 Å². The predicted octanol–water partition coefficient (Wildman–Crippen LogP) is 14.6. The van der Waals surface area contributed by atoms with Crippen molar-refractivity contribution < 1.29 is 4.42 Å². The second-order valence-electron chi connectivity index (χ2n) is 14.8. The first-order valence-electron chi connectivity index (χ1n) is 19.8. The fraction of sp³-hybridized carbons (Fsp3) is 0. The van der Waals surface area contributed by atoms with Gasteiger partial charge in [-0.1, -0.05) is 182 Å². The Kier molecular flexibility index (Phi) is 8.45. The van der Waals surface area contributed by atoms with Gasteiger partial charge in [-0.2, -0.15) is 0 Å². The first-order chi connectivity index (χ1) is 29.2. The number of hydrogen-bond acceptors (Lipinski definition) is 4. The lowest BCUT2D eigenvalue weighted by Crippen LogP contribution is -2.00. The zero-order valence-electron chi connectivity index (χ0n) is 32.0. The highest BCUT2D eigenvalue weighted by atomic mass is 16.3. The van der Waals surface area contributed by atoms with Gasteiger partial charge in [0, 0.05) is 27.5 Å². The van der Waals surface area contributed by atoms with Crippen molar-refractivity contribution in [2.24, 2.45) is 0 Å². The number of aromatic nitrogens is 3. The van der Waals surface area contributed by atoms with Gasteiger partial charge in [-0.05, 0) is 85.6 Å². The molecule has 11 aromatic rings. The molecule has 0 aliphatic heterocycles. The van der Waals surface area contributed by atoms with E-state index in [4.69, 9.17) is 19.4 Å². The van der Waals surface area contributed by atoms with Gasteiger partial charge < -0.3 is 4.42 Å². The van der Waals surface area contributed by atoms with Gasteiger partial charge in [-0.3, -0.25) is 0 Å². The second kappa shape index (κ2) is 14.5. The minimum atomic E-state index is 0.575. The Balaban J connectivity index is 1.06. The van der Waals surface area contributed by atoms with Crippen molar-refractivity contribution in [3.8, 4) is 78.7 Å². The molecule has 9 aromatic carbocycles. The minimum absolute atomic E-state index is 0.575. The Labute approximate surface area is 341 Å². The lowest BCUT2D eigenvalue weighted by molar-refractivity contribution is 0.669. The minimum Gasteiger partial charge on any atom is -0.456 e. The number of benzene rings is 9. The van der Waals surface area contributed by atoms with Gasteiger partial charge in [-0.15, -0.1) is 0 Å². The average Bonchev–Trinajstić information content (AvgIpc) is 3.70. The number of fused-ring (bicyclic) bond motifs is 4. The first kappa shape index (κ1) is 34.3. The van der Waals surface area contributed by atoms with E-state index in [0.29, 0.717) is 17.5 Å². The molecule has 0 saturated heterocycles. The first-order valence-corrected chi connectivity index (χ1v) is 19.8. The van der Waals surface area contributed by atoms with E-state index < -0.39 is 0 Å². The normalized spacial score (nSPS) is 11.4. The van der Waals surface area contributed by atoms with Crippen molar-refractivity contribution in [1.82, 2.24) is 15.0 Å². The Morgan fingerprint density at radius 2 is 0.780 bits per heavy atom. The van der Waals surface area contributed by atoms with Crippen molar-refractivity contribution in [1.29, 1.82) is 0 Å². The van der Waals surface area contributed by atoms with Gasteiger partial charge in [0.25, 0.3) is 0 Å². The molecule has 0 amide bonds. The number of nitrogens with zero attached hydrogens (tertiary/aromatic N) is 3. The third-order valence-electron chi connectivity index (χ3n) is 11.2. The standard InChI is InChI=1S/C55H35N3O/c1-4-13-36(14-5-1)39-25-28-41(29-26-39)53-56-54(58-55(57-53)47-23-11-19-40-27-30-43(34-49(40)47)38-17-8-3-9-18-38)45-31-32-48-51(35-45)59-50-24-12-22-46(52(48)50)44-21-10-20-42(33-44)37-15-6-2-7-16-37/h1-35H. The molecule has 0 aliphatic rings.